The molecular weight excluding hydrogens is 310 g/mol. The summed E-state index contributed by atoms with van der Waals surface area (Å²) in [4.78, 5) is 21.9. The van der Waals surface area contributed by atoms with Gasteiger partial charge < -0.3 is 20.9 Å². The number of amides is 1. The minimum absolute atomic E-state index is 0.0183. The van der Waals surface area contributed by atoms with E-state index in [9.17, 15) is 9.59 Å². The predicted molar refractivity (Wildman–Crippen MR) is 90.0 cm³/mol. The van der Waals surface area contributed by atoms with Crippen molar-refractivity contribution in [2.75, 3.05) is 18.5 Å². The van der Waals surface area contributed by atoms with Crippen molar-refractivity contribution in [2.24, 2.45) is 5.73 Å². The third-order valence-electron chi connectivity index (χ3n) is 3.16. The quantitative estimate of drug-likeness (QED) is 0.455. The van der Waals surface area contributed by atoms with Gasteiger partial charge in [-0.15, -0.1) is 0 Å². The molecule has 24 heavy (non-hydrogen) atoms. The van der Waals surface area contributed by atoms with E-state index < -0.39 is 18.5 Å². The molecule has 0 aliphatic rings. The molecule has 2 rings (SSSR count). The van der Waals surface area contributed by atoms with Gasteiger partial charge in [0.1, 0.15) is 19.0 Å². The Morgan fingerprint density at radius 2 is 1.54 bits per heavy atom. The standard InChI is InChI=1S/C17H17N3O4/c18-17(19)13-3-1-11(2-4-13)12-5-7-14(8-6-12)20-15(21)9-24-10-16(22)23/h1-8H,9-10H2,(H3,18,19)(H,20,21)(H,22,23). The molecule has 2 aromatic rings. The molecule has 0 spiro atoms. The number of carbonyl (C=O) groups excluding carboxylic acids is 1. The Hall–Kier alpha value is -3.19. The second-order valence-corrected chi connectivity index (χ2v) is 5.00. The lowest BCUT2D eigenvalue weighted by Gasteiger charge is -2.07. The monoisotopic (exact) mass is 327 g/mol. The molecule has 0 aliphatic heterocycles. The van der Waals surface area contributed by atoms with Crippen LogP contribution in [0.4, 0.5) is 5.69 Å². The van der Waals surface area contributed by atoms with E-state index >= 15 is 0 Å². The van der Waals surface area contributed by atoms with Gasteiger partial charge in [0.05, 0.1) is 0 Å². The Labute approximate surface area is 138 Å². The molecule has 7 nitrogen and oxygen atoms in total. The Morgan fingerprint density at radius 3 is 2.04 bits per heavy atom. The van der Waals surface area contributed by atoms with E-state index in [1.165, 1.54) is 0 Å². The molecule has 0 unspecified atom stereocenters. The van der Waals surface area contributed by atoms with Crippen molar-refractivity contribution in [2.45, 2.75) is 0 Å². The number of rotatable bonds is 7. The second kappa shape index (κ2) is 7.89. The van der Waals surface area contributed by atoms with E-state index in [4.69, 9.17) is 21.0 Å². The molecule has 7 heteroatoms. The van der Waals surface area contributed by atoms with Gasteiger partial charge in [0.25, 0.3) is 0 Å². The zero-order valence-corrected chi connectivity index (χ0v) is 12.8. The van der Waals surface area contributed by atoms with E-state index in [2.05, 4.69) is 5.32 Å². The Balaban J connectivity index is 1.96. The van der Waals surface area contributed by atoms with Crippen LogP contribution in [0, 0.1) is 5.41 Å². The molecule has 0 radical (unpaired) electrons. The van der Waals surface area contributed by atoms with Crippen molar-refractivity contribution in [3.8, 4) is 11.1 Å². The maximum absolute atomic E-state index is 11.6. The summed E-state index contributed by atoms with van der Waals surface area (Å²) in [5.74, 6) is -1.53. The summed E-state index contributed by atoms with van der Waals surface area (Å²) in [5, 5.41) is 18.4. The smallest absolute Gasteiger partial charge is 0.329 e. The number of nitrogens with two attached hydrogens (primary N) is 1. The highest BCUT2D eigenvalue weighted by molar-refractivity contribution is 5.95. The number of hydrogen-bond donors (Lipinski definition) is 4. The molecule has 1 amide bonds. The van der Waals surface area contributed by atoms with E-state index in [0.717, 1.165) is 11.1 Å². The molecule has 0 bridgehead atoms. The van der Waals surface area contributed by atoms with Crippen LogP contribution < -0.4 is 11.1 Å². The molecule has 0 saturated carbocycles. The number of anilines is 1. The summed E-state index contributed by atoms with van der Waals surface area (Å²) in [6.07, 6.45) is 0. The van der Waals surface area contributed by atoms with E-state index in [0.29, 0.717) is 11.3 Å². The summed E-state index contributed by atoms with van der Waals surface area (Å²) in [6.45, 7) is -0.830. The van der Waals surface area contributed by atoms with Crippen molar-refractivity contribution >= 4 is 23.4 Å². The zero-order valence-electron chi connectivity index (χ0n) is 12.8. The van der Waals surface area contributed by atoms with Crippen molar-refractivity contribution < 1.29 is 19.4 Å². The summed E-state index contributed by atoms with van der Waals surface area (Å²) >= 11 is 0. The number of carboxylic acids is 1. The van der Waals surface area contributed by atoms with Crippen molar-refractivity contribution in [1.82, 2.24) is 0 Å². The summed E-state index contributed by atoms with van der Waals surface area (Å²) in [6, 6.07) is 14.4. The van der Waals surface area contributed by atoms with Crippen molar-refractivity contribution in [1.29, 1.82) is 5.41 Å². The first-order valence-corrected chi connectivity index (χ1v) is 7.10. The maximum atomic E-state index is 11.6. The lowest BCUT2D eigenvalue weighted by atomic mass is 10.0. The van der Waals surface area contributed by atoms with E-state index in [-0.39, 0.29) is 12.4 Å². The largest absolute Gasteiger partial charge is 0.480 e. The number of benzene rings is 2. The van der Waals surface area contributed by atoms with Gasteiger partial charge >= 0.3 is 5.97 Å². The highest BCUT2D eigenvalue weighted by atomic mass is 16.5. The Bertz CT molecular complexity index is 739. The fourth-order valence-corrected chi connectivity index (χ4v) is 2.02. The van der Waals surface area contributed by atoms with Crippen LogP contribution in [0.15, 0.2) is 48.5 Å². The molecule has 0 fully saturated rings. The molecule has 0 atom stereocenters. The number of ether oxygens (including phenoxy) is 1. The first-order chi connectivity index (χ1) is 11.5. The number of carboxylic acid groups (broad SMARTS) is 1. The van der Waals surface area contributed by atoms with Crippen LogP contribution in [0.5, 0.6) is 0 Å². The van der Waals surface area contributed by atoms with Crippen molar-refractivity contribution in [3.63, 3.8) is 0 Å². The van der Waals surface area contributed by atoms with Crippen LogP contribution in [0.2, 0.25) is 0 Å². The van der Waals surface area contributed by atoms with Gasteiger partial charge in [0.15, 0.2) is 0 Å². The minimum atomic E-state index is -1.12. The molecule has 5 N–H and O–H groups in total. The van der Waals surface area contributed by atoms with Crippen molar-refractivity contribution in [3.05, 3.63) is 54.1 Å². The normalized spacial score (nSPS) is 10.2. The number of amidine groups is 1. The highest BCUT2D eigenvalue weighted by Gasteiger charge is 2.05. The highest BCUT2D eigenvalue weighted by Crippen LogP contribution is 2.21. The van der Waals surface area contributed by atoms with Gasteiger partial charge in [0, 0.05) is 11.3 Å². The summed E-state index contributed by atoms with van der Waals surface area (Å²) in [7, 11) is 0. The second-order valence-electron chi connectivity index (χ2n) is 5.00. The van der Waals surface area contributed by atoms with Crippen LogP contribution in [0.3, 0.4) is 0 Å². The molecule has 0 saturated heterocycles. The molecule has 0 heterocycles. The van der Waals surface area contributed by atoms with Gasteiger partial charge in [-0.1, -0.05) is 36.4 Å². The van der Waals surface area contributed by atoms with Crippen LogP contribution in [-0.2, 0) is 14.3 Å². The average Bonchev–Trinajstić information content (AvgIpc) is 2.55. The fraction of sp³-hybridized carbons (Fsp3) is 0.118. The van der Waals surface area contributed by atoms with Crippen LogP contribution in [0.25, 0.3) is 11.1 Å². The number of nitrogen functional groups attached to an aromatic ring is 1. The number of carbonyl (C=O) groups is 2. The summed E-state index contributed by atoms with van der Waals surface area (Å²) < 4.78 is 4.71. The maximum Gasteiger partial charge on any atom is 0.329 e. The average molecular weight is 327 g/mol. The predicted octanol–water partition coefficient (Wildman–Crippen LogP) is 1.68. The molecule has 124 valence electrons. The van der Waals surface area contributed by atoms with Gasteiger partial charge in [-0.3, -0.25) is 10.2 Å². The summed E-state index contributed by atoms with van der Waals surface area (Å²) in [5.41, 5.74) is 8.57. The van der Waals surface area contributed by atoms with Crippen LogP contribution >= 0.6 is 0 Å². The van der Waals surface area contributed by atoms with Gasteiger partial charge in [-0.2, -0.15) is 0 Å². The number of nitrogens with one attached hydrogen (secondary N) is 2. The third-order valence-corrected chi connectivity index (χ3v) is 3.16. The zero-order chi connectivity index (χ0) is 17.5. The van der Waals surface area contributed by atoms with E-state index in [1.54, 1.807) is 24.3 Å². The van der Waals surface area contributed by atoms with Gasteiger partial charge in [-0.05, 0) is 23.3 Å². The molecule has 2 aromatic carbocycles. The Morgan fingerprint density at radius 1 is 1.00 bits per heavy atom. The molecule has 0 aliphatic carbocycles. The third kappa shape index (κ3) is 4.92. The number of aliphatic carboxylic acids is 1. The SMILES string of the molecule is N=C(N)c1ccc(-c2ccc(NC(=O)COCC(=O)O)cc2)cc1. The Kier molecular flexibility index (Phi) is 5.64. The first-order valence-electron chi connectivity index (χ1n) is 7.10. The topological polar surface area (TPSA) is 126 Å². The van der Waals surface area contributed by atoms with E-state index in [1.807, 2.05) is 24.3 Å². The molecule has 0 aromatic heterocycles. The lowest BCUT2D eigenvalue weighted by Crippen LogP contribution is -2.20. The lowest BCUT2D eigenvalue weighted by molar-refractivity contribution is -0.143. The van der Waals surface area contributed by atoms with Gasteiger partial charge in [-0.25, -0.2) is 4.79 Å². The van der Waals surface area contributed by atoms with Crippen LogP contribution in [-0.4, -0.2) is 36.0 Å². The first kappa shape index (κ1) is 17.2. The molecular formula is C17H17N3O4. The van der Waals surface area contributed by atoms with Crippen LogP contribution in [0.1, 0.15) is 5.56 Å². The fourth-order valence-electron chi connectivity index (χ4n) is 2.02. The van der Waals surface area contributed by atoms with Gasteiger partial charge in [0.2, 0.25) is 5.91 Å². The number of hydrogen-bond acceptors (Lipinski definition) is 4. The minimum Gasteiger partial charge on any atom is -0.480 e.